The van der Waals surface area contributed by atoms with Gasteiger partial charge in [0.1, 0.15) is 11.4 Å². The minimum Gasteiger partial charge on any atom is -0.459 e. The zero-order valence-corrected chi connectivity index (χ0v) is 16.2. The van der Waals surface area contributed by atoms with Gasteiger partial charge in [0.05, 0.1) is 11.6 Å². The largest absolute Gasteiger partial charge is 0.459 e. The second-order valence-electron chi connectivity index (χ2n) is 8.30. The zero-order valence-electron chi connectivity index (χ0n) is 16.2. The number of hydrogen-bond acceptors (Lipinski definition) is 3. The van der Waals surface area contributed by atoms with E-state index in [1.165, 1.54) is 16.6 Å². The average Bonchev–Trinajstić information content (AvgIpc) is 2.85. The van der Waals surface area contributed by atoms with Crippen molar-refractivity contribution < 1.29 is 4.74 Å². The van der Waals surface area contributed by atoms with Gasteiger partial charge in [0.15, 0.2) is 0 Å². The number of anilines is 1. The Morgan fingerprint density at radius 3 is 2.48 bits per heavy atom. The predicted molar refractivity (Wildman–Crippen MR) is 113 cm³/mol. The van der Waals surface area contributed by atoms with E-state index < -0.39 is 5.72 Å². The fourth-order valence-corrected chi connectivity index (χ4v) is 4.74. The van der Waals surface area contributed by atoms with Crippen LogP contribution < -0.4 is 9.64 Å². The van der Waals surface area contributed by atoms with Gasteiger partial charge in [0.25, 0.3) is 0 Å². The van der Waals surface area contributed by atoms with Crippen LogP contribution in [-0.4, -0.2) is 18.0 Å². The highest BCUT2D eigenvalue weighted by atomic mass is 16.5. The van der Waals surface area contributed by atoms with Crippen molar-refractivity contribution in [2.45, 2.75) is 44.9 Å². The molecule has 3 nitrogen and oxygen atoms in total. The molecule has 136 valence electrons. The van der Waals surface area contributed by atoms with Crippen molar-refractivity contribution in [1.82, 2.24) is 0 Å². The van der Waals surface area contributed by atoms with Gasteiger partial charge in [-0.3, -0.25) is 4.99 Å². The van der Waals surface area contributed by atoms with Gasteiger partial charge in [0, 0.05) is 17.1 Å². The van der Waals surface area contributed by atoms with Crippen LogP contribution >= 0.6 is 0 Å². The molecule has 27 heavy (non-hydrogen) atoms. The highest BCUT2D eigenvalue weighted by molar-refractivity contribution is 5.99. The number of para-hydroxylation sites is 1. The lowest BCUT2D eigenvalue weighted by atomic mass is 9.77. The lowest BCUT2D eigenvalue weighted by Crippen LogP contribution is -2.64. The summed E-state index contributed by atoms with van der Waals surface area (Å²) in [6, 6.07) is 21.4. The van der Waals surface area contributed by atoms with Crippen molar-refractivity contribution in [3.8, 4) is 5.75 Å². The summed E-state index contributed by atoms with van der Waals surface area (Å²) in [6.45, 7) is 8.94. The van der Waals surface area contributed by atoms with Gasteiger partial charge in [-0.05, 0) is 50.8 Å². The summed E-state index contributed by atoms with van der Waals surface area (Å²) in [5.41, 5.74) is 2.58. The number of hydrogen-bond donors (Lipinski definition) is 0. The molecule has 0 fully saturated rings. The summed E-state index contributed by atoms with van der Waals surface area (Å²) in [4.78, 5) is 7.36. The molecule has 0 aromatic heterocycles. The first kappa shape index (κ1) is 16.4. The molecule has 5 rings (SSSR count). The van der Waals surface area contributed by atoms with Crippen LogP contribution in [0.4, 0.5) is 11.4 Å². The third-order valence-corrected chi connectivity index (χ3v) is 6.10. The summed E-state index contributed by atoms with van der Waals surface area (Å²) in [5.74, 6) is 0.850. The van der Waals surface area contributed by atoms with Crippen LogP contribution in [0.5, 0.6) is 5.75 Å². The first-order valence-electron chi connectivity index (χ1n) is 9.60. The number of ether oxygens (including phenoxy) is 1. The Labute approximate surface area is 160 Å². The molecule has 2 heterocycles. The molecule has 3 heteroatoms. The van der Waals surface area contributed by atoms with E-state index in [9.17, 15) is 0 Å². The summed E-state index contributed by atoms with van der Waals surface area (Å²) in [7, 11) is 0. The Balaban J connectivity index is 1.74. The molecular weight excluding hydrogens is 332 g/mol. The van der Waals surface area contributed by atoms with Crippen LogP contribution in [-0.2, 0) is 5.41 Å². The highest BCUT2D eigenvalue weighted by Crippen LogP contribution is 2.55. The molecule has 0 saturated heterocycles. The molecule has 1 atom stereocenters. The van der Waals surface area contributed by atoms with Gasteiger partial charge in [-0.25, -0.2) is 0 Å². The number of benzene rings is 3. The Kier molecular flexibility index (Phi) is 3.24. The van der Waals surface area contributed by atoms with Crippen LogP contribution in [0.2, 0.25) is 0 Å². The minimum absolute atomic E-state index is 0.235. The Bertz CT molecular complexity index is 1080. The topological polar surface area (TPSA) is 24.8 Å². The smallest absolute Gasteiger partial charge is 0.229 e. The van der Waals surface area contributed by atoms with Crippen molar-refractivity contribution >= 4 is 28.4 Å². The molecular formula is C24H24N2O. The molecule has 1 spiro atoms. The Hall–Kier alpha value is -2.81. The monoisotopic (exact) mass is 356 g/mol. The second-order valence-corrected chi connectivity index (χ2v) is 8.30. The molecule has 3 aromatic carbocycles. The van der Waals surface area contributed by atoms with E-state index in [0.717, 1.165) is 16.8 Å². The van der Waals surface area contributed by atoms with E-state index in [-0.39, 0.29) is 11.5 Å². The SMILES string of the molecule is CC(C)N1c2ccccc2C(C)(C)C12C=Nc1c(ccc3ccccc13)O2. The fourth-order valence-electron chi connectivity index (χ4n) is 4.74. The van der Waals surface area contributed by atoms with Crippen LogP contribution in [0.25, 0.3) is 10.8 Å². The molecule has 1 unspecified atom stereocenters. The summed E-state index contributed by atoms with van der Waals surface area (Å²) in [5, 5.41) is 2.31. The second kappa shape index (κ2) is 5.35. The average molecular weight is 356 g/mol. The van der Waals surface area contributed by atoms with Crippen molar-refractivity contribution in [2.75, 3.05) is 4.90 Å². The predicted octanol–water partition coefficient (Wildman–Crippen LogP) is 5.84. The minimum atomic E-state index is -0.639. The first-order chi connectivity index (χ1) is 13.0. The summed E-state index contributed by atoms with van der Waals surface area (Å²) in [6.07, 6.45) is 2.03. The number of aliphatic imine (C=N–C) groups is 1. The molecule has 2 aliphatic heterocycles. The molecule has 0 bridgehead atoms. The molecule has 2 aliphatic rings. The molecule has 0 saturated carbocycles. The maximum atomic E-state index is 6.84. The third-order valence-electron chi connectivity index (χ3n) is 6.10. The molecule has 0 radical (unpaired) electrons. The first-order valence-corrected chi connectivity index (χ1v) is 9.60. The quantitative estimate of drug-likeness (QED) is 0.547. The highest BCUT2D eigenvalue weighted by Gasteiger charge is 2.60. The lowest BCUT2D eigenvalue weighted by Gasteiger charge is -2.48. The van der Waals surface area contributed by atoms with E-state index in [2.05, 4.69) is 93.3 Å². The van der Waals surface area contributed by atoms with Gasteiger partial charge >= 0.3 is 0 Å². The van der Waals surface area contributed by atoms with Gasteiger partial charge in [-0.1, -0.05) is 48.5 Å². The van der Waals surface area contributed by atoms with Crippen molar-refractivity contribution in [3.63, 3.8) is 0 Å². The third kappa shape index (κ3) is 2.00. The Morgan fingerprint density at radius 2 is 1.67 bits per heavy atom. The zero-order chi connectivity index (χ0) is 18.8. The Morgan fingerprint density at radius 1 is 0.926 bits per heavy atom. The van der Waals surface area contributed by atoms with E-state index in [1.807, 2.05) is 6.21 Å². The maximum absolute atomic E-state index is 6.84. The standard InChI is InChI=1S/C24H24N2O/c1-16(2)26-20-12-8-7-11-19(20)23(3,4)24(26)15-25-22-18-10-6-5-9-17(18)13-14-21(22)27-24/h5-16H,1-4H3. The molecule has 0 amide bonds. The van der Waals surface area contributed by atoms with Gasteiger partial charge in [-0.15, -0.1) is 0 Å². The number of rotatable bonds is 1. The summed E-state index contributed by atoms with van der Waals surface area (Å²) >= 11 is 0. The van der Waals surface area contributed by atoms with E-state index in [4.69, 9.17) is 9.73 Å². The summed E-state index contributed by atoms with van der Waals surface area (Å²) < 4.78 is 6.84. The lowest BCUT2D eigenvalue weighted by molar-refractivity contribution is 0.0725. The van der Waals surface area contributed by atoms with Gasteiger partial charge in [-0.2, -0.15) is 0 Å². The molecule has 0 aliphatic carbocycles. The van der Waals surface area contributed by atoms with Gasteiger partial charge < -0.3 is 9.64 Å². The maximum Gasteiger partial charge on any atom is 0.229 e. The number of fused-ring (bicyclic) bond motifs is 4. The van der Waals surface area contributed by atoms with Crippen molar-refractivity contribution in [3.05, 3.63) is 66.2 Å². The van der Waals surface area contributed by atoms with Crippen LogP contribution in [0, 0.1) is 0 Å². The van der Waals surface area contributed by atoms with Crippen LogP contribution in [0.15, 0.2) is 65.7 Å². The van der Waals surface area contributed by atoms with Gasteiger partial charge in [0.2, 0.25) is 5.72 Å². The van der Waals surface area contributed by atoms with Crippen LogP contribution in [0.1, 0.15) is 33.3 Å². The van der Waals surface area contributed by atoms with E-state index in [0.29, 0.717) is 0 Å². The number of nitrogens with zero attached hydrogens (tertiary/aromatic N) is 2. The normalized spacial score (nSPS) is 22.2. The van der Waals surface area contributed by atoms with Crippen molar-refractivity contribution in [2.24, 2.45) is 4.99 Å². The molecule has 0 N–H and O–H groups in total. The van der Waals surface area contributed by atoms with Crippen LogP contribution in [0.3, 0.4) is 0 Å². The fraction of sp³-hybridized carbons (Fsp3) is 0.292. The van der Waals surface area contributed by atoms with E-state index in [1.54, 1.807) is 0 Å². The van der Waals surface area contributed by atoms with E-state index >= 15 is 0 Å². The molecule has 3 aromatic rings. The van der Waals surface area contributed by atoms with Crippen molar-refractivity contribution in [1.29, 1.82) is 0 Å².